The summed E-state index contributed by atoms with van der Waals surface area (Å²) in [7, 11) is 16.6. The van der Waals surface area contributed by atoms with Crippen LogP contribution in [0.2, 0.25) is 0 Å². The van der Waals surface area contributed by atoms with Crippen molar-refractivity contribution in [3.8, 4) is 0 Å². The zero-order valence-electron chi connectivity index (χ0n) is 47.7. The third-order valence-corrected chi connectivity index (χ3v) is 14.7. The fourth-order valence-electron chi connectivity index (χ4n) is 9.99. The number of unbranched alkanes of at least 4 members (excludes halogenated alkanes) is 8. The van der Waals surface area contributed by atoms with E-state index in [4.69, 9.17) is 0 Å². The fraction of sp³-hybridized carbons (Fsp3) is 0.444. The number of rotatable bonds is 30. The normalized spacial score (nSPS) is 11.3. The number of amides is 4. The van der Waals surface area contributed by atoms with Crippen LogP contribution in [0.4, 0.5) is 22.7 Å². The molecule has 7 rings (SSSR count). The molecule has 0 atom stereocenters. The van der Waals surface area contributed by atoms with E-state index in [-0.39, 0.29) is 23.6 Å². The van der Waals surface area contributed by atoms with E-state index in [1.807, 2.05) is 0 Å². The smallest absolute Gasteiger partial charge is 0.252 e. The quantitative estimate of drug-likeness (QED) is 0.0197. The molecule has 0 saturated carbocycles. The summed E-state index contributed by atoms with van der Waals surface area (Å²) in [5, 5.41) is 16.9. The van der Waals surface area contributed by atoms with Crippen LogP contribution in [0.25, 0.3) is 43.6 Å². The van der Waals surface area contributed by atoms with Crippen LogP contribution < -0.4 is 50.0 Å². The second-order valence-electron chi connectivity index (χ2n) is 21.6. The summed E-state index contributed by atoms with van der Waals surface area (Å²) in [6.45, 7) is 3.93. The summed E-state index contributed by atoms with van der Waals surface area (Å²) in [4.78, 5) is 63.9. The predicted octanol–water partition coefficient (Wildman–Crippen LogP) is 9.09. The van der Waals surface area contributed by atoms with Gasteiger partial charge in [-0.2, -0.15) is 9.13 Å². The van der Waals surface area contributed by atoms with Crippen LogP contribution in [0, 0.1) is 0 Å². The molecule has 0 saturated heterocycles. The van der Waals surface area contributed by atoms with Crippen LogP contribution in [0.15, 0.2) is 103 Å². The summed E-state index contributed by atoms with van der Waals surface area (Å²) >= 11 is 0. The van der Waals surface area contributed by atoms with Crippen molar-refractivity contribution in [1.29, 1.82) is 0 Å². The van der Waals surface area contributed by atoms with Gasteiger partial charge in [-0.15, -0.1) is 0 Å². The van der Waals surface area contributed by atoms with E-state index in [2.05, 4.69) is 196 Å². The number of fused-ring (bicyclic) bond motifs is 4. The highest BCUT2D eigenvalue weighted by Crippen LogP contribution is 2.28. The van der Waals surface area contributed by atoms with Crippen LogP contribution >= 0.6 is 0 Å². The molecule has 0 spiro atoms. The Kier molecular flexibility index (Phi) is 21.4. The molecule has 0 aliphatic rings. The van der Waals surface area contributed by atoms with E-state index in [1.54, 1.807) is 6.07 Å². The Bertz CT molecular complexity index is 2830. The third-order valence-electron chi connectivity index (χ3n) is 14.7. The Morgan fingerprint density at radius 2 is 0.679 bits per heavy atom. The number of nitrogens with zero attached hydrogens (tertiary/aromatic N) is 7. The van der Waals surface area contributed by atoms with Gasteiger partial charge in [0.25, 0.3) is 11.8 Å². The number of carbonyl (C=O) groups excluding carboxylic acids is 4. The zero-order chi connectivity index (χ0) is 55.6. The molecule has 3 aromatic heterocycles. The van der Waals surface area contributed by atoms with E-state index >= 15 is 0 Å². The molecule has 15 heteroatoms. The van der Waals surface area contributed by atoms with Gasteiger partial charge in [0.05, 0.1) is 11.1 Å². The van der Waals surface area contributed by atoms with E-state index < -0.39 is 0 Å². The molecule has 4 N–H and O–H groups in total. The summed E-state index contributed by atoms with van der Waals surface area (Å²) in [6, 6.07) is 32.7. The lowest BCUT2D eigenvalue weighted by molar-refractivity contribution is -0.646. The highest BCUT2D eigenvalue weighted by molar-refractivity contribution is 5.99. The molecule has 0 radical (unpaired) electrons. The molecule has 414 valence electrons. The van der Waals surface area contributed by atoms with Gasteiger partial charge in [-0.25, -0.2) is 0 Å². The SMILES string of the molecule is CN(C)c1ccc2cc3ccc(N(C)C)cc3[n+](CCCCCC(=O)NCCCCCNC(=O)c3cncc(C(=O)NCCCCCNC(=O)CCCCC[n+]4c5cc(N(C)C)ccc5cc5ccc(N(C)C)cc54)c3)c2c1. The van der Waals surface area contributed by atoms with Crippen molar-refractivity contribution in [2.24, 2.45) is 0 Å². The van der Waals surface area contributed by atoms with Crippen molar-refractivity contribution in [2.75, 3.05) is 102 Å². The maximum atomic E-state index is 12.9. The van der Waals surface area contributed by atoms with Gasteiger partial charge in [0.15, 0.2) is 0 Å². The van der Waals surface area contributed by atoms with Crippen LogP contribution in [0.1, 0.15) is 111 Å². The number of hydrogen-bond donors (Lipinski definition) is 4. The number of benzene rings is 4. The number of aryl methyl sites for hydroxylation is 2. The summed E-state index contributed by atoms with van der Waals surface area (Å²) in [5.74, 6) is -0.397. The first-order valence-corrected chi connectivity index (χ1v) is 28.2. The van der Waals surface area contributed by atoms with Gasteiger partial charge in [0, 0.05) is 189 Å². The fourth-order valence-corrected chi connectivity index (χ4v) is 9.99. The predicted molar refractivity (Wildman–Crippen MR) is 320 cm³/mol. The Labute approximate surface area is 462 Å². The minimum Gasteiger partial charge on any atom is -0.377 e. The van der Waals surface area contributed by atoms with Crippen LogP contribution in [0.5, 0.6) is 0 Å². The summed E-state index contributed by atoms with van der Waals surface area (Å²) in [5.41, 5.74) is 10.2. The van der Waals surface area contributed by atoms with Crippen molar-refractivity contribution in [1.82, 2.24) is 26.3 Å². The monoisotopic (exact) mass is 1060 g/mol. The minimum absolute atomic E-state index is 0.0769. The maximum absolute atomic E-state index is 12.9. The third kappa shape index (κ3) is 16.2. The molecule has 0 aliphatic carbocycles. The maximum Gasteiger partial charge on any atom is 0.252 e. The molecule has 0 unspecified atom stereocenters. The van der Waals surface area contributed by atoms with Crippen molar-refractivity contribution in [3.05, 3.63) is 115 Å². The summed E-state index contributed by atoms with van der Waals surface area (Å²) < 4.78 is 4.88. The van der Waals surface area contributed by atoms with Gasteiger partial charge in [-0.1, -0.05) is 0 Å². The van der Waals surface area contributed by atoms with Gasteiger partial charge in [0.2, 0.25) is 33.9 Å². The molecule has 0 bridgehead atoms. The van der Waals surface area contributed by atoms with E-state index in [0.717, 1.165) is 90.1 Å². The van der Waals surface area contributed by atoms with E-state index in [0.29, 0.717) is 50.1 Å². The molecular weight excluding hydrogens is 975 g/mol. The van der Waals surface area contributed by atoms with Gasteiger partial charge >= 0.3 is 0 Å². The van der Waals surface area contributed by atoms with Crippen molar-refractivity contribution in [2.45, 2.75) is 103 Å². The first-order chi connectivity index (χ1) is 37.7. The lowest BCUT2D eigenvalue weighted by Gasteiger charge is -2.15. The number of aromatic nitrogens is 3. The van der Waals surface area contributed by atoms with Gasteiger partial charge < -0.3 is 40.9 Å². The number of hydrogen-bond acceptors (Lipinski definition) is 9. The molecule has 4 amide bonds. The molecule has 3 heterocycles. The van der Waals surface area contributed by atoms with Crippen molar-refractivity contribution >= 4 is 90.0 Å². The second kappa shape index (κ2) is 28.7. The average Bonchev–Trinajstić information content (AvgIpc) is 3.44. The molecular formula is C63H85N11O4+2. The zero-order valence-corrected chi connectivity index (χ0v) is 47.7. The standard InChI is InChI=1S/C63H83N11O4/c1-69(2)52-27-23-46-37-47-24-28-53(70(3)4)41-57(47)73(56(46)40-52)35-19-9-13-21-60(75)65-31-15-11-17-33-67-62(77)50-39-51(45-64-44-50)63(78)68-34-18-12-16-32-66-61(76)22-14-10-20-36-74-58-42-54(71(5)6)29-25-48(58)38-49-26-30-55(72(7)8)43-59(49)74/h23-30,37-45H,9-22,31-36H2,1-8H3,(H2-2,65,66,67,68,75,76,77,78)/p+2. The number of anilines is 4. The van der Waals surface area contributed by atoms with Crippen molar-refractivity contribution < 1.29 is 28.3 Å². The molecule has 0 fully saturated rings. The lowest BCUT2D eigenvalue weighted by atomic mass is 10.1. The Balaban J connectivity index is 0.712. The Morgan fingerprint density at radius 3 is 1.00 bits per heavy atom. The topological polar surface area (TPSA) is 150 Å². The van der Waals surface area contributed by atoms with Gasteiger partial charge in [0.1, 0.15) is 13.1 Å². The molecule has 15 nitrogen and oxygen atoms in total. The van der Waals surface area contributed by atoms with Crippen molar-refractivity contribution in [3.63, 3.8) is 0 Å². The first kappa shape index (κ1) is 58.1. The molecule has 78 heavy (non-hydrogen) atoms. The van der Waals surface area contributed by atoms with Crippen LogP contribution in [-0.2, 0) is 22.7 Å². The number of nitrogens with one attached hydrogen (secondary N) is 4. The largest absolute Gasteiger partial charge is 0.377 e. The lowest BCUT2D eigenvalue weighted by Crippen LogP contribution is -2.36. The molecule has 4 aromatic carbocycles. The average molecular weight is 1060 g/mol. The number of carbonyl (C=O) groups is 4. The molecule has 7 aromatic rings. The van der Waals surface area contributed by atoms with E-state index in [1.165, 1.54) is 78.8 Å². The van der Waals surface area contributed by atoms with Gasteiger partial charge in [-0.3, -0.25) is 24.2 Å². The molecule has 0 aliphatic heterocycles. The Morgan fingerprint density at radius 1 is 0.372 bits per heavy atom. The first-order valence-electron chi connectivity index (χ1n) is 28.2. The van der Waals surface area contributed by atoms with Gasteiger partial charge in [-0.05, 0) is 131 Å². The highest BCUT2D eigenvalue weighted by atomic mass is 16.2. The van der Waals surface area contributed by atoms with Crippen LogP contribution in [0.3, 0.4) is 0 Å². The summed E-state index contributed by atoms with van der Waals surface area (Å²) in [6.07, 6.45) is 14.4. The second-order valence-corrected chi connectivity index (χ2v) is 21.6. The highest BCUT2D eigenvalue weighted by Gasteiger charge is 2.20. The van der Waals surface area contributed by atoms with Crippen LogP contribution in [-0.4, -0.2) is 111 Å². The Hall–Kier alpha value is -7.55. The number of pyridine rings is 3. The minimum atomic E-state index is -0.276. The van der Waals surface area contributed by atoms with E-state index in [9.17, 15) is 19.2 Å².